The lowest BCUT2D eigenvalue weighted by atomic mass is 10.1. The van der Waals surface area contributed by atoms with Gasteiger partial charge in [0.15, 0.2) is 11.5 Å². The summed E-state index contributed by atoms with van der Waals surface area (Å²) in [7, 11) is 1.84. The van der Waals surface area contributed by atoms with Gasteiger partial charge in [-0.05, 0) is 50.3 Å². The number of carbonyl (C=O) groups is 1. The van der Waals surface area contributed by atoms with E-state index in [1.54, 1.807) is 16.4 Å². The molecule has 1 aliphatic carbocycles. The molecule has 1 atom stereocenters. The van der Waals surface area contributed by atoms with Crippen LogP contribution < -0.4 is 14.8 Å². The van der Waals surface area contributed by atoms with Crippen LogP contribution in [0.15, 0.2) is 24.4 Å². The van der Waals surface area contributed by atoms with Crippen LogP contribution in [0.2, 0.25) is 0 Å². The summed E-state index contributed by atoms with van der Waals surface area (Å²) < 4.78 is 13.8. The predicted octanol–water partition coefficient (Wildman–Crippen LogP) is 3.91. The molecular formula is C20H25N3O3S. The number of nitrogens with one attached hydrogen (secondary N) is 1. The Kier molecular flexibility index (Phi) is 5.29. The van der Waals surface area contributed by atoms with E-state index in [2.05, 4.69) is 22.5 Å². The van der Waals surface area contributed by atoms with Crippen molar-refractivity contribution in [3.05, 3.63) is 35.5 Å². The summed E-state index contributed by atoms with van der Waals surface area (Å²) in [6.07, 6.45) is 6.81. The molecule has 144 valence electrons. The molecule has 6 nitrogen and oxygen atoms in total. The fourth-order valence-corrected chi connectivity index (χ4v) is 4.81. The Morgan fingerprint density at radius 3 is 2.89 bits per heavy atom. The number of anilines is 1. The minimum atomic E-state index is -0.00133. The third-order valence-corrected chi connectivity index (χ3v) is 6.34. The number of rotatable bonds is 5. The molecule has 27 heavy (non-hydrogen) atoms. The highest BCUT2D eigenvalue weighted by Gasteiger charge is 2.28. The van der Waals surface area contributed by atoms with Gasteiger partial charge in [0.2, 0.25) is 5.91 Å². The van der Waals surface area contributed by atoms with Gasteiger partial charge in [0.1, 0.15) is 5.82 Å². The monoisotopic (exact) mass is 387 g/mol. The van der Waals surface area contributed by atoms with E-state index in [1.807, 2.05) is 26.2 Å². The maximum absolute atomic E-state index is 12.1. The second-order valence-electron chi connectivity index (χ2n) is 6.97. The molecule has 1 saturated carbocycles. The summed E-state index contributed by atoms with van der Waals surface area (Å²) in [6, 6.07) is 6.14. The molecule has 0 spiro atoms. The van der Waals surface area contributed by atoms with Crippen LogP contribution in [0.3, 0.4) is 0 Å². The summed E-state index contributed by atoms with van der Waals surface area (Å²) in [5, 5.41) is 7.30. The van der Waals surface area contributed by atoms with E-state index in [1.165, 1.54) is 12.8 Å². The average molecular weight is 388 g/mol. The third kappa shape index (κ3) is 3.78. The van der Waals surface area contributed by atoms with Gasteiger partial charge in [0.25, 0.3) is 0 Å². The Morgan fingerprint density at radius 2 is 2.11 bits per heavy atom. The average Bonchev–Trinajstić information content (AvgIpc) is 3.25. The zero-order valence-corrected chi connectivity index (χ0v) is 16.6. The van der Waals surface area contributed by atoms with Crippen LogP contribution in [-0.2, 0) is 11.8 Å². The Bertz CT molecular complexity index is 830. The molecule has 1 amide bonds. The molecule has 4 rings (SSSR count). The zero-order valence-electron chi connectivity index (χ0n) is 15.7. The van der Waals surface area contributed by atoms with Crippen molar-refractivity contribution in [1.29, 1.82) is 0 Å². The van der Waals surface area contributed by atoms with Crippen LogP contribution in [0.5, 0.6) is 11.5 Å². The number of aryl methyl sites for hydroxylation is 1. The highest BCUT2D eigenvalue weighted by atomic mass is 32.2. The lowest BCUT2D eigenvalue weighted by molar-refractivity contribution is -0.113. The van der Waals surface area contributed by atoms with Crippen molar-refractivity contribution in [3.63, 3.8) is 0 Å². The lowest BCUT2D eigenvalue weighted by Gasteiger charge is -2.20. The van der Waals surface area contributed by atoms with Gasteiger partial charge in [-0.15, -0.1) is 11.8 Å². The van der Waals surface area contributed by atoms with Crippen molar-refractivity contribution in [2.75, 3.05) is 17.7 Å². The Morgan fingerprint density at radius 1 is 1.30 bits per heavy atom. The Labute approximate surface area is 163 Å². The topological polar surface area (TPSA) is 65.4 Å². The van der Waals surface area contributed by atoms with Crippen molar-refractivity contribution in [2.45, 2.75) is 44.0 Å². The standard InChI is InChI=1S/C20H25N3O3S/c1-3-25-17-10-13(8-9-16(17)26-14-6-4-5-7-14)19-15-11-21-23(2)20(15)22-18(24)12-27-19/h8-11,14,19H,3-7,12H2,1-2H3,(H,22,24). The molecule has 2 aliphatic rings. The molecule has 1 aliphatic heterocycles. The fraction of sp³-hybridized carbons (Fsp3) is 0.500. The summed E-state index contributed by atoms with van der Waals surface area (Å²) in [5.41, 5.74) is 2.10. The number of fused-ring (bicyclic) bond motifs is 1. The van der Waals surface area contributed by atoms with Gasteiger partial charge in [-0.25, -0.2) is 0 Å². The van der Waals surface area contributed by atoms with Gasteiger partial charge in [-0.1, -0.05) is 6.07 Å². The highest BCUT2D eigenvalue weighted by Crippen LogP contribution is 2.44. The van der Waals surface area contributed by atoms with Crippen LogP contribution in [0.1, 0.15) is 49.0 Å². The number of thioether (sulfide) groups is 1. The van der Waals surface area contributed by atoms with Crippen molar-refractivity contribution >= 4 is 23.5 Å². The molecule has 2 aromatic rings. The smallest absolute Gasteiger partial charge is 0.235 e. The number of carbonyl (C=O) groups excluding carboxylic acids is 1. The zero-order chi connectivity index (χ0) is 18.8. The van der Waals surface area contributed by atoms with Crippen LogP contribution in [0.4, 0.5) is 5.82 Å². The highest BCUT2D eigenvalue weighted by molar-refractivity contribution is 8.00. The number of benzene rings is 1. The van der Waals surface area contributed by atoms with Crippen molar-refractivity contribution < 1.29 is 14.3 Å². The molecule has 0 radical (unpaired) electrons. The van der Waals surface area contributed by atoms with Gasteiger partial charge in [-0.3, -0.25) is 9.48 Å². The van der Waals surface area contributed by atoms with Gasteiger partial charge >= 0.3 is 0 Å². The maximum atomic E-state index is 12.1. The summed E-state index contributed by atoms with van der Waals surface area (Å²) in [6.45, 7) is 2.56. The van der Waals surface area contributed by atoms with E-state index < -0.39 is 0 Å². The van der Waals surface area contributed by atoms with Crippen molar-refractivity contribution in [2.24, 2.45) is 7.05 Å². The molecule has 1 fully saturated rings. The first-order chi connectivity index (χ1) is 13.2. The number of amides is 1. The number of ether oxygens (including phenoxy) is 2. The van der Waals surface area contributed by atoms with Gasteiger partial charge < -0.3 is 14.8 Å². The van der Waals surface area contributed by atoms with Crippen molar-refractivity contribution in [1.82, 2.24) is 9.78 Å². The molecule has 1 aromatic carbocycles. The minimum absolute atomic E-state index is 0.00133. The largest absolute Gasteiger partial charge is 0.490 e. The van der Waals surface area contributed by atoms with Crippen LogP contribution in [0, 0.1) is 0 Å². The number of aromatic nitrogens is 2. The maximum Gasteiger partial charge on any atom is 0.235 e. The molecule has 7 heteroatoms. The van der Waals surface area contributed by atoms with Crippen LogP contribution >= 0.6 is 11.8 Å². The molecular weight excluding hydrogens is 362 g/mol. The SMILES string of the molecule is CCOc1cc(C2SCC(=O)Nc3c2cnn3C)ccc1OC1CCCC1. The van der Waals surface area contributed by atoms with E-state index in [-0.39, 0.29) is 17.3 Å². The van der Waals surface area contributed by atoms with Crippen molar-refractivity contribution in [3.8, 4) is 11.5 Å². The van der Waals surface area contributed by atoms with E-state index >= 15 is 0 Å². The van der Waals surface area contributed by atoms with Gasteiger partial charge in [0.05, 0.1) is 29.9 Å². The molecule has 1 unspecified atom stereocenters. The predicted molar refractivity (Wildman–Crippen MR) is 107 cm³/mol. The van der Waals surface area contributed by atoms with E-state index in [4.69, 9.17) is 9.47 Å². The molecule has 0 bridgehead atoms. The summed E-state index contributed by atoms with van der Waals surface area (Å²) in [4.78, 5) is 12.1. The summed E-state index contributed by atoms with van der Waals surface area (Å²) in [5.74, 6) is 2.75. The molecule has 1 N–H and O–H groups in total. The summed E-state index contributed by atoms with van der Waals surface area (Å²) >= 11 is 1.61. The first-order valence-electron chi connectivity index (χ1n) is 9.52. The first-order valence-corrected chi connectivity index (χ1v) is 10.6. The second kappa shape index (κ2) is 7.84. The second-order valence-corrected chi connectivity index (χ2v) is 8.07. The molecule has 2 heterocycles. The van der Waals surface area contributed by atoms with E-state index in [0.29, 0.717) is 12.4 Å². The van der Waals surface area contributed by atoms with Gasteiger partial charge in [0, 0.05) is 12.6 Å². The lowest BCUT2D eigenvalue weighted by Crippen LogP contribution is -2.15. The molecule has 1 aromatic heterocycles. The fourth-order valence-electron chi connectivity index (χ4n) is 3.73. The minimum Gasteiger partial charge on any atom is -0.490 e. The number of hydrogen-bond donors (Lipinski definition) is 1. The van der Waals surface area contributed by atoms with E-state index in [9.17, 15) is 4.79 Å². The first kappa shape index (κ1) is 18.2. The Balaban J connectivity index is 1.66. The normalized spacial score (nSPS) is 20.1. The van der Waals surface area contributed by atoms with Crippen LogP contribution in [-0.4, -0.2) is 34.2 Å². The Hall–Kier alpha value is -2.15. The van der Waals surface area contributed by atoms with E-state index in [0.717, 1.165) is 41.3 Å². The third-order valence-electron chi connectivity index (χ3n) is 5.05. The number of hydrogen-bond acceptors (Lipinski definition) is 5. The molecule has 0 saturated heterocycles. The van der Waals surface area contributed by atoms with Gasteiger partial charge in [-0.2, -0.15) is 5.10 Å². The number of nitrogens with zero attached hydrogens (tertiary/aromatic N) is 2. The quantitative estimate of drug-likeness (QED) is 0.842. The van der Waals surface area contributed by atoms with Crippen LogP contribution in [0.25, 0.3) is 0 Å².